The number of halogens is 3. The number of aryl methyl sites for hydroxylation is 1. The first-order valence-electron chi connectivity index (χ1n) is 10.3. The molecule has 6 nitrogen and oxygen atoms in total. The minimum atomic E-state index is -4.15. The topological polar surface area (TPSA) is 72.1 Å². The number of piperidine rings is 1. The van der Waals surface area contributed by atoms with Crippen molar-refractivity contribution < 1.29 is 22.5 Å². The monoisotopic (exact) mass is 432 g/mol. The van der Waals surface area contributed by atoms with Gasteiger partial charge in [0.15, 0.2) is 5.76 Å². The number of fused-ring (bicyclic) bond motifs is 1. The van der Waals surface area contributed by atoms with Gasteiger partial charge < -0.3 is 9.42 Å². The number of carbonyl (C=O) groups excluding carboxylic acids is 1. The van der Waals surface area contributed by atoms with E-state index in [9.17, 15) is 18.0 Å². The Kier molecular flexibility index (Phi) is 6.04. The van der Waals surface area contributed by atoms with Crippen molar-refractivity contribution in [1.29, 1.82) is 0 Å². The van der Waals surface area contributed by atoms with Gasteiger partial charge in [-0.3, -0.25) is 4.79 Å². The Hall–Kier alpha value is -2.81. The van der Waals surface area contributed by atoms with Gasteiger partial charge in [0.1, 0.15) is 11.6 Å². The molecule has 0 saturated carbocycles. The van der Waals surface area contributed by atoms with Crippen molar-refractivity contribution in [3.05, 3.63) is 42.0 Å². The van der Waals surface area contributed by atoms with Gasteiger partial charge in [-0.05, 0) is 38.9 Å². The summed E-state index contributed by atoms with van der Waals surface area (Å²) >= 11 is 0. The van der Waals surface area contributed by atoms with Gasteiger partial charge in [-0.1, -0.05) is 17.3 Å². The van der Waals surface area contributed by atoms with E-state index in [0.29, 0.717) is 43.0 Å². The molecule has 1 aliphatic heterocycles. The van der Waals surface area contributed by atoms with Gasteiger partial charge in [0.05, 0.1) is 24.1 Å². The summed E-state index contributed by atoms with van der Waals surface area (Å²) in [5, 5.41) is 4.75. The number of likely N-dealkylation sites (tertiary alicyclic amines) is 1. The number of ketones is 1. The zero-order valence-electron chi connectivity index (χ0n) is 17.2. The minimum Gasteiger partial charge on any atom is -0.356 e. The maximum atomic E-state index is 12.7. The van der Waals surface area contributed by atoms with Crippen molar-refractivity contribution in [2.45, 2.75) is 38.8 Å². The molecule has 0 unspecified atom stereocenters. The van der Waals surface area contributed by atoms with E-state index in [4.69, 9.17) is 4.52 Å². The summed E-state index contributed by atoms with van der Waals surface area (Å²) in [4.78, 5) is 23.4. The highest BCUT2D eigenvalue weighted by Crippen LogP contribution is 2.25. The van der Waals surface area contributed by atoms with Gasteiger partial charge in [0.25, 0.3) is 0 Å². The predicted octanol–water partition coefficient (Wildman–Crippen LogP) is 4.37. The van der Waals surface area contributed by atoms with Gasteiger partial charge in [0, 0.05) is 35.7 Å². The van der Waals surface area contributed by atoms with E-state index in [1.807, 2.05) is 31.2 Å². The molecule has 31 heavy (non-hydrogen) atoms. The predicted molar refractivity (Wildman–Crippen MR) is 108 cm³/mol. The van der Waals surface area contributed by atoms with Gasteiger partial charge in [-0.2, -0.15) is 13.2 Å². The number of aromatic nitrogens is 3. The van der Waals surface area contributed by atoms with Crippen LogP contribution in [0.15, 0.2) is 35.0 Å². The molecule has 3 aromatic rings. The summed E-state index contributed by atoms with van der Waals surface area (Å²) in [6, 6.07) is 7.52. The molecule has 0 aliphatic carbocycles. The van der Waals surface area contributed by atoms with Crippen LogP contribution in [0.25, 0.3) is 22.2 Å². The first-order valence-corrected chi connectivity index (χ1v) is 10.3. The zero-order valence-corrected chi connectivity index (χ0v) is 17.2. The lowest BCUT2D eigenvalue weighted by Crippen LogP contribution is -2.38. The van der Waals surface area contributed by atoms with Crippen molar-refractivity contribution in [1.82, 2.24) is 20.0 Å². The molecule has 4 rings (SSSR count). The Morgan fingerprint density at radius 3 is 2.68 bits per heavy atom. The quantitative estimate of drug-likeness (QED) is 0.576. The molecule has 2 aromatic heterocycles. The number of benzene rings is 1. The molecule has 0 atom stereocenters. The smallest absolute Gasteiger partial charge is 0.356 e. The Labute approximate surface area is 177 Å². The van der Waals surface area contributed by atoms with Crippen LogP contribution in [-0.4, -0.2) is 51.6 Å². The third kappa shape index (κ3) is 5.46. The van der Waals surface area contributed by atoms with E-state index in [1.165, 1.54) is 0 Å². The van der Waals surface area contributed by atoms with Crippen LogP contribution in [0.2, 0.25) is 0 Å². The van der Waals surface area contributed by atoms with Crippen LogP contribution in [0.4, 0.5) is 13.2 Å². The summed E-state index contributed by atoms with van der Waals surface area (Å²) < 4.78 is 42.5. The molecule has 0 N–H and O–H groups in total. The zero-order chi connectivity index (χ0) is 22.0. The maximum absolute atomic E-state index is 12.7. The summed E-state index contributed by atoms with van der Waals surface area (Å²) in [6.45, 7) is 2.85. The highest BCUT2D eigenvalue weighted by atomic mass is 19.4. The van der Waals surface area contributed by atoms with Crippen LogP contribution in [0.5, 0.6) is 0 Å². The summed E-state index contributed by atoms with van der Waals surface area (Å²) in [7, 11) is 0. The van der Waals surface area contributed by atoms with Crippen LogP contribution < -0.4 is 0 Å². The Bertz CT molecular complexity index is 1070. The lowest BCUT2D eigenvalue weighted by molar-refractivity contribution is -0.139. The number of nitrogens with zero attached hydrogens (tertiary/aromatic N) is 4. The molecule has 0 bridgehead atoms. The average molecular weight is 432 g/mol. The number of rotatable bonds is 6. The molecule has 3 heterocycles. The van der Waals surface area contributed by atoms with Crippen LogP contribution in [0.3, 0.4) is 0 Å². The number of hydrogen-bond donors (Lipinski definition) is 0. The van der Waals surface area contributed by atoms with Gasteiger partial charge in [-0.15, -0.1) is 0 Å². The lowest BCUT2D eigenvalue weighted by atomic mass is 9.90. The van der Waals surface area contributed by atoms with Gasteiger partial charge in [0.2, 0.25) is 0 Å². The fraction of sp³-hybridized carbons (Fsp3) is 0.455. The maximum Gasteiger partial charge on any atom is 0.390 e. The van der Waals surface area contributed by atoms with Crippen molar-refractivity contribution in [3.63, 3.8) is 0 Å². The second kappa shape index (κ2) is 8.74. The molecule has 1 saturated heterocycles. The van der Waals surface area contributed by atoms with E-state index < -0.39 is 12.6 Å². The SMILES string of the molecule is Cc1cc(-c2ccc3cnc(CC(=O)C4CCN(CCC(F)(F)F)CC4)nc3c2)on1. The number of alkyl halides is 3. The van der Waals surface area contributed by atoms with E-state index in [1.54, 1.807) is 11.1 Å². The van der Waals surface area contributed by atoms with E-state index >= 15 is 0 Å². The molecule has 1 aliphatic rings. The molecule has 9 heteroatoms. The summed E-state index contributed by atoms with van der Waals surface area (Å²) in [5.41, 5.74) is 2.34. The van der Waals surface area contributed by atoms with Gasteiger partial charge in [-0.25, -0.2) is 9.97 Å². The first kappa shape index (κ1) is 21.4. The normalized spacial score (nSPS) is 16.1. The molecule has 0 spiro atoms. The van der Waals surface area contributed by atoms with Crippen molar-refractivity contribution in [3.8, 4) is 11.3 Å². The molecule has 164 valence electrons. The standard InChI is InChI=1S/C22H23F3N4O2/c1-14-10-20(31-28-14)16-2-3-17-13-26-21(27-18(17)11-16)12-19(30)15-4-7-29(8-5-15)9-6-22(23,24)25/h2-3,10-11,13,15H,4-9,12H2,1H3. The third-order valence-corrected chi connectivity index (χ3v) is 5.63. The third-order valence-electron chi connectivity index (χ3n) is 5.63. The van der Waals surface area contributed by atoms with Crippen molar-refractivity contribution >= 4 is 16.7 Å². The largest absolute Gasteiger partial charge is 0.390 e. The highest BCUT2D eigenvalue weighted by molar-refractivity contribution is 5.85. The van der Waals surface area contributed by atoms with Crippen molar-refractivity contribution in [2.75, 3.05) is 19.6 Å². The van der Waals surface area contributed by atoms with Crippen LogP contribution >= 0.6 is 0 Å². The minimum absolute atomic E-state index is 0.00869. The first-order chi connectivity index (χ1) is 14.8. The fourth-order valence-corrected chi connectivity index (χ4v) is 3.86. The van der Waals surface area contributed by atoms with E-state index in [0.717, 1.165) is 16.6 Å². The van der Waals surface area contributed by atoms with E-state index in [2.05, 4.69) is 15.1 Å². The van der Waals surface area contributed by atoms with Gasteiger partial charge >= 0.3 is 6.18 Å². The van der Waals surface area contributed by atoms with Crippen molar-refractivity contribution in [2.24, 2.45) is 5.92 Å². The molecule has 0 radical (unpaired) electrons. The second-order valence-electron chi connectivity index (χ2n) is 8.02. The molecular weight excluding hydrogens is 409 g/mol. The fourth-order valence-electron chi connectivity index (χ4n) is 3.86. The molecule has 1 fully saturated rings. The molecular formula is C22H23F3N4O2. The average Bonchev–Trinajstić information content (AvgIpc) is 3.18. The second-order valence-corrected chi connectivity index (χ2v) is 8.02. The van der Waals surface area contributed by atoms with Crippen LogP contribution in [0.1, 0.15) is 30.8 Å². The lowest BCUT2D eigenvalue weighted by Gasteiger charge is -2.31. The van der Waals surface area contributed by atoms with E-state index in [-0.39, 0.29) is 24.7 Å². The number of carbonyl (C=O) groups is 1. The summed E-state index contributed by atoms with van der Waals surface area (Å²) in [6.07, 6.45) is -2.01. The Morgan fingerprint density at radius 1 is 1.23 bits per heavy atom. The Morgan fingerprint density at radius 2 is 2.00 bits per heavy atom. The Balaban J connectivity index is 1.38. The van der Waals surface area contributed by atoms with Crippen LogP contribution in [-0.2, 0) is 11.2 Å². The summed E-state index contributed by atoms with van der Waals surface area (Å²) in [5.74, 6) is 0.970. The highest BCUT2D eigenvalue weighted by Gasteiger charge is 2.30. The molecule has 1 aromatic carbocycles. The number of hydrogen-bond acceptors (Lipinski definition) is 6. The van der Waals surface area contributed by atoms with Crippen LogP contribution in [0, 0.1) is 12.8 Å². The molecule has 0 amide bonds. The number of Topliss-reactive ketones (excluding diaryl/α,β-unsaturated/α-hetero) is 1.